The minimum absolute atomic E-state index is 0.399. The van der Waals surface area contributed by atoms with Crippen LogP contribution in [-0.2, 0) is 4.79 Å². The molecule has 1 heterocycles. The third-order valence-corrected chi connectivity index (χ3v) is 5.69. The van der Waals surface area contributed by atoms with Gasteiger partial charge in [-0.15, -0.1) is 0 Å². The van der Waals surface area contributed by atoms with Gasteiger partial charge in [-0.25, -0.2) is 0 Å². The monoisotopic (exact) mass is 301 g/mol. The fourth-order valence-electron chi connectivity index (χ4n) is 4.02. The van der Waals surface area contributed by atoms with Crippen LogP contribution in [-0.4, -0.2) is 29.3 Å². The van der Waals surface area contributed by atoms with Gasteiger partial charge in [0.05, 0.1) is 0 Å². The zero-order valence-corrected chi connectivity index (χ0v) is 14.5. The Morgan fingerprint density at radius 1 is 1.32 bits per heavy atom. The van der Waals surface area contributed by atoms with E-state index in [1.807, 2.05) is 25.2 Å². The van der Waals surface area contributed by atoms with Crippen molar-refractivity contribution in [2.24, 2.45) is 11.8 Å². The Balaban J connectivity index is 2.41. The molecular weight excluding hydrogens is 270 g/mol. The van der Waals surface area contributed by atoms with E-state index >= 15 is 0 Å². The summed E-state index contributed by atoms with van der Waals surface area (Å²) >= 11 is 0. The van der Waals surface area contributed by atoms with Gasteiger partial charge in [-0.05, 0) is 50.1 Å². The highest BCUT2D eigenvalue weighted by molar-refractivity contribution is 5.93. The number of likely N-dealkylation sites (tertiary alicyclic amines) is 1. The van der Waals surface area contributed by atoms with Crippen LogP contribution < -0.4 is 0 Å². The maximum atomic E-state index is 13.0. The quantitative estimate of drug-likeness (QED) is 0.711. The fourth-order valence-corrected chi connectivity index (χ4v) is 4.02. The van der Waals surface area contributed by atoms with E-state index in [1.54, 1.807) is 0 Å². The molecule has 2 unspecified atom stereocenters. The maximum Gasteiger partial charge on any atom is 0.157 e. The number of rotatable bonds is 4. The van der Waals surface area contributed by atoms with E-state index < -0.39 is 5.54 Å². The van der Waals surface area contributed by atoms with E-state index in [0.717, 1.165) is 43.8 Å². The van der Waals surface area contributed by atoms with E-state index in [1.165, 1.54) is 6.42 Å². The summed E-state index contributed by atoms with van der Waals surface area (Å²) in [6.45, 7) is 12.7. The molecule has 22 heavy (non-hydrogen) atoms. The zero-order chi connectivity index (χ0) is 16.2. The topological polar surface area (TPSA) is 20.3 Å². The predicted molar refractivity (Wildman–Crippen MR) is 93.8 cm³/mol. The van der Waals surface area contributed by atoms with Gasteiger partial charge in [0.25, 0.3) is 0 Å². The van der Waals surface area contributed by atoms with E-state index in [4.69, 9.17) is 0 Å². The SMILES string of the molecule is C=C/C(=C\C=C/C)[C@]1(N2CCC(C)C(C)C2)CCCCC1=O. The minimum atomic E-state index is -0.423. The summed E-state index contributed by atoms with van der Waals surface area (Å²) in [5, 5.41) is 0. The molecule has 1 aliphatic carbocycles. The highest BCUT2D eigenvalue weighted by Crippen LogP contribution is 2.40. The van der Waals surface area contributed by atoms with Crippen molar-refractivity contribution in [1.82, 2.24) is 4.90 Å². The van der Waals surface area contributed by atoms with Crippen molar-refractivity contribution in [3.63, 3.8) is 0 Å². The van der Waals surface area contributed by atoms with E-state index in [2.05, 4.69) is 31.4 Å². The van der Waals surface area contributed by atoms with Crippen LogP contribution in [0.25, 0.3) is 0 Å². The maximum absolute atomic E-state index is 13.0. The number of carbonyl (C=O) groups excluding carboxylic acids is 1. The summed E-state index contributed by atoms with van der Waals surface area (Å²) in [5.74, 6) is 1.79. The number of nitrogens with zero attached hydrogens (tertiary/aromatic N) is 1. The molecule has 2 aliphatic rings. The molecule has 3 atom stereocenters. The molecule has 0 aromatic carbocycles. The third-order valence-electron chi connectivity index (χ3n) is 5.69. The Kier molecular flexibility index (Phi) is 5.80. The first-order valence-corrected chi connectivity index (χ1v) is 8.80. The van der Waals surface area contributed by atoms with Gasteiger partial charge in [0, 0.05) is 13.0 Å². The summed E-state index contributed by atoms with van der Waals surface area (Å²) < 4.78 is 0. The summed E-state index contributed by atoms with van der Waals surface area (Å²) in [5.41, 5.74) is 0.672. The van der Waals surface area contributed by atoms with Crippen LogP contribution in [0.15, 0.2) is 36.5 Å². The lowest BCUT2D eigenvalue weighted by atomic mass is 9.71. The van der Waals surface area contributed by atoms with Crippen LogP contribution in [0.5, 0.6) is 0 Å². The zero-order valence-electron chi connectivity index (χ0n) is 14.5. The van der Waals surface area contributed by atoms with Crippen molar-refractivity contribution in [3.8, 4) is 0 Å². The van der Waals surface area contributed by atoms with Crippen molar-refractivity contribution >= 4 is 5.78 Å². The Labute approximate surface area is 136 Å². The average molecular weight is 301 g/mol. The summed E-state index contributed by atoms with van der Waals surface area (Å²) in [4.78, 5) is 15.5. The second kappa shape index (κ2) is 7.41. The Hall–Kier alpha value is -1.15. The van der Waals surface area contributed by atoms with E-state index in [9.17, 15) is 4.79 Å². The summed E-state index contributed by atoms with van der Waals surface area (Å²) in [6.07, 6.45) is 13.1. The molecule has 2 heteroatoms. The van der Waals surface area contributed by atoms with Crippen LogP contribution in [0, 0.1) is 11.8 Å². The smallest absolute Gasteiger partial charge is 0.157 e. The number of piperidine rings is 1. The number of ketones is 1. The number of Topliss-reactive ketones (excluding diaryl/α,β-unsaturated/α-hetero) is 1. The molecule has 0 N–H and O–H groups in total. The van der Waals surface area contributed by atoms with Gasteiger partial charge in [0.2, 0.25) is 0 Å². The number of allylic oxidation sites excluding steroid dienone is 3. The van der Waals surface area contributed by atoms with Gasteiger partial charge in [-0.3, -0.25) is 9.69 Å². The second-order valence-corrected chi connectivity index (χ2v) is 7.03. The molecule has 0 amide bonds. The molecule has 0 spiro atoms. The van der Waals surface area contributed by atoms with Crippen molar-refractivity contribution in [2.45, 2.75) is 58.4 Å². The van der Waals surface area contributed by atoms with Gasteiger partial charge >= 0.3 is 0 Å². The average Bonchev–Trinajstić information content (AvgIpc) is 2.52. The normalized spacial score (nSPS) is 35.0. The molecule has 1 saturated carbocycles. The molecule has 0 aromatic rings. The number of carbonyl (C=O) groups is 1. The molecule has 2 rings (SSSR count). The molecule has 2 nitrogen and oxygen atoms in total. The summed E-state index contributed by atoms with van der Waals surface area (Å²) in [7, 11) is 0. The molecule has 1 aliphatic heterocycles. The Bertz CT molecular complexity index is 476. The van der Waals surface area contributed by atoms with E-state index in [-0.39, 0.29) is 0 Å². The first-order chi connectivity index (χ1) is 10.6. The van der Waals surface area contributed by atoms with Crippen molar-refractivity contribution < 1.29 is 4.79 Å². The van der Waals surface area contributed by atoms with Gasteiger partial charge in [0.1, 0.15) is 5.54 Å². The van der Waals surface area contributed by atoms with Crippen LogP contribution in [0.4, 0.5) is 0 Å². The van der Waals surface area contributed by atoms with Crippen LogP contribution >= 0.6 is 0 Å². The first-order valence-electron chi connectivity index (χ1n) is 8.80. The standard InChI is InChI=1S/C20H31NO/c1-5-7-10-18(6-2)20(13-9-8-11-19(20)22)21-14-12-16(3)17(4)15-21/h5-7,10,16-17H,2,8-9,11-15H2,1,3-4H3/b7-5-,18-10+/t16?,17?,20-/m1/s1. The lowest BCUT2D eigenvalue weighted by Gasteiger charge is -2.50. The van der Waals surface area contributed by atoms with E-state index in [0.29, 0.717) is 18.1 Å². The van der Waals surface area contributed by atoms with Crippen LogP contribution in [0.2, 0.25) is 0 Å². The largest absolute Gasteiger partial charge is 0.297 e. The minimum Gasteiger partial charge on any atom is -0.297 e. The van der Waals surface area contributed by atoms with Gasteiger partial charge in [-0.2, -0.15) is 0 Å². The molecule has 122 valence electrons. The number of hydrogen-bond acceptors (Lipinski definition) is 2. The molecule has 0 bridgehead atoms. The van der Waals surface area contributed by atoms with Crippen molar-refractivity contribution in [3.05, 3.63) is 36.5 Å². The Morgan fingerprint density at radius 2 is 2.09 bits per heavy atom. The van der Waals surface area contributed by atoms with Gasteiger partial charge in [0.15, 0.2) is 5.78 Å². The Morgan fingerprint density at radius 3 is 2.68 bits per heavy atom. The lowest BCUT2D eigenvalue weighted by Crippen LogP contribution is -2.60. The third kappa shape index (κ3) is 3.12. The first kappa shape index (κ1) is 17.2. The van der Waals surface area contributed by atoms with Gasteiger partial charge < -0.3 is 0 Å². The van der Waals surface area contributed by atoms with Crippen molar-refractivity contribution in [1.29, 1.82) is 0 Å². The molecule has 1 saturated heterocycles. The highest BCUT2D eigenvalue weighted by Gasteiger charge is 2.48. The predicted octanol–water partition coefficient (Wildman–Crippen LogP) is 4.53. The second-order valence-electron chi connectivity index (χ2n) is 7.03. The molecule has 0 radical (unpaired) electrons. The summed E-state index contributed by atoms with van der Waals surface area (Å²) in [6, 6.07) is 0. The van der Waals surface area contributed by atoms with Gasteiger partial charge in [-0.1, -0.05) is 51.2 Å². The lowest BCUT2D eigenvalue weighted by molar-refractivity contribution is -0.133. The van der Waals surface area contributed by atoms with Crippen LogP contribution in [0.3, 0.4) is 0 Å². The molecular formula is C20H31NO. The molecule has 0 aromatic heterocycles. The van der Waals surface area contributed by atoms with Crippen molar-refractivity contribution in [2.75, 3.05) is 13.1 Å². The molecule has 2 fully saturated rings. The fraction of sp³-hybridized carbons (Fsp3) is 0.650. The number of hydrogen-bond donors (Lipinski definition) is 0. The highest BCUT2D eigenvalue weighted by atomic mass is 16.1. The van der Waals surface area contributed by atoms with Crippen LogP contribution in [0.1, 0.15) is 52.9 Å².